The highest BCUT2D eigenvalue weighted by Gasteiger charge is 2.31. The molecular formula is C27H24F3N5O4. The number of aldehydes is 1. The number of nitrogens with one attached hydrogen (secondary N) is 1. The van der Waals surface area contributed by atoms with Crippen LogP contribution in [0.1, 0.15) is 12.8 Å². The normalized spacial score (nSPS) is 15.9. The summed E-state index contributed by atoms with van der Waals surface area (Å²) in [4.78, 5) is 39.8. The summed E-state index contributed by atoms with van der Waals surface area (Å²) < 4.78 is 44.1. The third-order valence-electron chi connectivity index (χ3n) is 6.59. The molecule has 1 aliphatic rings. The first-order chi connectivity index (χ1) is 18.7. The van der Waals surface area contributed by atoms with Crippen LogP contribution in [-0.2, 0) is 11.3 Å². The monoisotopic (exact) mass is 539 g/mol. The number of anilines is 2. The van der Waals surface area contributed by atoms with Gasteiger partial charge in [0.05, 0.1) is 17.1 Å². The number of ether oxygens (including phenoxy) is 1. The van der Waals surface area contributed by atoms with E-state index in [9.17, 15) is 27.6 Å². The van der Waals surface area contributed by atoms with E-state index >= 15 is 0 Å². The van der Waals surface area contributed by atoms with Gasteiger partial charge < -0.3 is 19.4 Å². The second-order valence-electron chi connectivity index (χ2n) is 9.08. The molecular weight excluding hydrogens is 515 g/mol. The van der Waals surface area contributed by atoms with E-state index in [-0.39, 0.29) is 28.8 Å². The van der Waals surface area contributed by atoms with E-state index in [1.165, 1.54) is 12.1 Å². The Bertz CT molecular complexity index is 1620. The lowest BCUT2D eigenvalue weighted by Crippen LogP contribution is -2.35. The molecule has 4 aromatic rings. The van der Waals surface area contributed by atoms with Crippen molar-refractivity contribution in [2.75, 3.05) is 18.4 Å². The zero-order valence-corrected chi connectivity index (χ0v) is 20.6. The van der Waals surface area contributed by atoms with Crippen LogP contribution in [-0.4, -0.2) is 51.0 Å². The molecule has 1 atom stereocenters. The van der Waals surface area contributed by atoms with Gasteiger partial charge in [0.1, 0.15) is 17.7 Å². The van der Waals surface area contributed by atoms with Crippen LogP contribution >= 0.6 is 0 Å². The van der Waals surface area contributed by atoms with Crippen molar-refractivity contribution in [2.24, 2.45) is 0 Å². The van der Waals surface area contributed by atoms with Crippen LogP contribution in [0, 0.1) is 0 Å². The van der Waals surface area contributed by atoms with Gasteiger partial charge >= 0.3 is 6.36 Å². The van der Waals surface area contributed by atoms with Crippen LogP contribution in [0.25, 0.3) is 16.5 Å². The fourth-order valence-corrected chi connectivity index (χ4v) is 4.70. The number of hydrogen-bond acceptors (Lipinski definition) is 7. The van der Waals surface area contributed by atoms with Crippen LogP contribution in [0.5, 0.6) is 5.75 Å². The van der Waals surface area contributed by atoms with Gasteiger partial charge in [-0.05, 0) is 61.9 Å². The topological polar surface area (TPSA) is 98.5 Å². The number of rotatable bonds is 8. The summed E-state index contributed by atoms with van der Waals surface area (Å²) in [6, 6.07) is 14.6. The fourth-order valence-electron chi connectivity index (χ4n) is 4.70. The van der Waals surface area contributed by atoms with Crippen molar-refractivity contribution in [3.63, 3.8) is 0 Å². The number of pyridine rings is 1. The predicted molar refractivity (Wildman–Crippen MR) is 139 cm³/mol. The standard InChI is InChI=1S/C27H24F3N5O4/c28-27(29,30)39-20-11-9-18(10-12-20)35-25(37)22-7-2-1-6-21(22)24(32-35)31-23-8-4-14-34(26(23)38)16-15-33-13-3-5-19(33)17-36/h1-2,4,6-12,14,17,19H,3,5,13,15-16H2,(H,31,32). The van der Waals surface area contributed by atoms with Crippen molar-refractivity contribution in [3.05, 3.63) is 87.6 Å². The Balaban J connectivity index is 1.47. The molecule has 0 bridgehead atoms. The lowest BCUT2D eigenvalue weighted by atomic mass is 10.2. The number of halogens is 3. The second kappa shape index (κ2) is 10.7. The minimum atomic E-state index is -4.84. The molecule has 3 heterocycles. The number of carbonyl (C=O) groups excluding carboxylic acids is 1. The third-order valence-corrected chi connectivity index (χ3v) is 6.59. The fraction of sp³-hybridized carbons (Fsp3) is 0.259. The molecule has 1 N–H and O–H groups in total. The Morgan fingerprint density at radius 2 is 1.72 bits per heavy atom. The number of benzene rings is 2. The van der Waals surface area contributed by atoms with Gasteiger partial charge in [0.2, 0.25) is 0 Å². The summed E-state index contributed by atoms with van der Waals surface area (Å²) in [5.74, 6) is -0.215. The van der Waals surface area contributed by atoms with Crippen molar-refractivity contribution in [3.8, 4) is 11.4 Å². The molecule has 2 aromatic heterocycles. The smallest absolute Gasteiger partial charge is 0.406 e. The molecule has 0 aliphatic carbocycles. The van der Waals surface area contributed by atoms with Gasteiger partial charge in [-0.25, -0.2) is 0 Å². The summed E-state index contributed by atoms with van der Waals surface area (Å²) >= 11 is 0. The Labute approximate surface area is 220 Å². The quantitative estimate of drug-likeness (QED) is 0.340. The first-order valence-electron chi connectivity index (χ1n) is 12.3. The average molecular weight is 540 g/mol. The average Bonchev–Trinajstić information content (AvgIpc) is 3.38. The lowest BCUT2D eigenvalue weighted by molar-refractivity contribution is -0.274. The molecule has 0 spiro atoms. The summed E-state index contributed by atoms with van der Waals surface area (Å²) in [5, 5.41) is 8.21. The summed E-state index contributed by atoms with van der Waals surface area (Å²) in [6.07, 6.45) is -0.490. The Morgan fingerprint density at radius 1 is 0.974 bits per heavy atom. The Kier molecular flexibility index (Phi) is 7.20. The third kappa shape index (κ3) is 5.70. The number of hydrogen-bond donors (Lipinski definition) is 1. The van der Waals surface area contributed by atoms with E-state index in [1.807, 2.05) is 0 Å². The Hall–Kier alpha value is -4.45. The van der Waals surface area contributed by atoms with Gasteiger partial charge in [0.15, 0.2) is 5.82 Å². The van der Waals surface area contributed by atoms with Crippen molar-refractivity contribution >= 4 is 28.6 Å². The maximum Gasteiger partial charge on any atom is 0.573 e. The molecule has 0 amide bonds. The molecule has 5 rings (SSSR count). The summed E-state index contributed by atoms with van der Waals surface area (Å²) in [6.45, 7) is 1.74. The molecule has 1 unspecified atom stereocenters. The Morgan fingerprint density at radius 3 is 2.44 bits per heavy atom. The van der Waals surface area contributed by atoms with Crippen LogP contribution in [0.15, 0.2) is 76.4 Å². The van der Waals surface area contributed by atoms with E-state index < -0.39 is 17.7 Å². The number of nitrogens with zero attached hydrogens (tertiary/aromatic N) is 4. The van der Waals surface area contributed by atoms with Gasteiger partial charge in [0, 0.05) is 24.7 Å². The molecule has 9 nitrogen and oxygen atoms in total. The van der Waals surface area contributed by atoms with Gasteiger partial charge in [-0.15, -0.1) is 18.3 Å². The number of aromatic nitrogens is 3. The van der Waals surface area contributed by atoms with Crippen molar-refractivity contribution < 1.29 is 22.7 Å². The molecule has 0 saturated carbocycles. The highest BCUT2D eigenvalue weighted by Crippen LogP contribution is 2.25. The summed E-state index contributed by atoms with van der Waals surface area (Å²) in [5.41, 5.74) is -0.357. The summed E-state index contributed by atoms with van der Waals surface area (Å²) in [7, 11) is 0. The second-order valence-corrected chi connectivity index (χ2v) is 9.08. The number of alkyl halides is 3. The first kappa shape index (κ1) is 26.2. The highest BCUT2D eigenvalue weighted by molar-refractivity contribution is 5.92. The van der Waals surface area contributed by atoms with Crippen LogP contribution in [0.2, 0.25) is 0 Å². The zero-order valence-electron chi connectivity index (χ0n) is 20.6. The molecule has 12 heteroatoms. The highest BCUT2D eigenvalue weighted by atomic mass is 19.4. The number of likely N-dealkylation sites (tertiary alicyclic amines) is 1. The number of carbonyl (C=O) groups is 1. The number of fused-ring (bicyclic) bond motifs is 1. The maximum absolute atomic E-state index is 13.2. The van der Waals surface area contributed by atoms with E-state index in [4.69, 9.17) is 0 Å². The molecule has 1 fully saturated rings. The van der Waals surface area contributed by atoms with Crippen molar-refractivity contribution in [1.82, 2.24) is 19.2 Å². The molecule has 0 radical (unpaired) electrons. The van der Waals surface area contributed by atoms with E-state index in [2.05, 4.69) is 20.1 Å². The van der Waals surface area contributed by atoms with E-state index in [0.29, 0.717) is 23.9 Å². The van der Waals surface area contributed by atoms with Crippen LogP contribution in [0.3, 0.4) is 0 Å². The minimum Gasteiger partial charge on any atom is -0.406 e. The lowest BCUT2D eigenvalue weighted by Gasteiger charge is -2.20. The van der Waals surface area contributed by atoms with Crippen molar-refractivity contribution in [2.45, 2.75) is 31.8 Å². The zero-order chi connectivity index (χ0) is 27.6. The van der Waals surface area contributed by atoms with Gasteiger partial charge in [-0.3, -0.25) is 14.5 Å². The first-order valence-corrected chi connectivity index (χ1v) is 12.3. The SMILES string of the molecule is O=CC1CCCN1CCn1cccc(Nc2nn(-c3ccc(OC(F)(F)F)cc3)c(=O)c3ccccc23)c1=O. The van der Waals surface area contributed by atoms with Crippen LogP contribution < -0.4 is 21.2 Å². The molecule has 2 aromatic carbocycles. The van der Waals surface area contributed by atoms with Gasteiger partial charge in [-0.2, -0.15) is 4.68 Å². The van der Waals surface area contributed by atoms with E-state index in [0.717, 1.165) is 42.5 Å². The largest absolute Gasteiger partial charge is 0.573 e. The molecule has 39 heavy (non-hydrogen) atoms. The minimum absolute atomic E-state index is 0.132. The molecule has 1 saturated heterocycles. The van der Waals surface area contributed by atoms with Crippen LogP contribution in [0.4, 0.5) is 24.7 Å². The van der Waals surface area contributed by atoms with Crippen molar-refractivity contribution in [1.29, 1.82) is 0 Å². The molecule has 1 aliphatic heterocycles. The van der Waals surface area contributed by atoms with Gasteiger partial charge in [0.25, 0.3) is 11.1 Å². The molecule has 202 valence electrons. The van der Waals surface area contributed by atoms with Gasteiger partial charge in [-0.1, -0.05) is 18.2 Å². The van der Waals surface area contributed by atoms with E-state index in [1.54, 1.807) is 47.2 Å². The predicted octanol–water partition coefficient (Wildman–Crippen LogP) is 3.85. The maximum atomic E-state index is 13.2.